The van der Waals surface area contributed by atoms with Crippen LogP contribution < -0.4 is 0 Å². The second-order valence-electron chi connectivity index (χ2n) is 22.3. The first-order valence-electron chi connectivity index (χ1n) is 31.6. The Kier molecular flexibility index (Phi) is 47.0. The van der Waals surface area contributed by atoms with E-state index in [1.807, 2.05) is 0 Å². The summed E-state index contributed by atoms with van der Waals surface area (Å²) < 4.78 is 0. The quantitative estimate of drug-likeness (QED) is 0.0421. The van der Waals surface area contributed by atoms with Gasteiger partial charge in [-0.25, -0.2) is 0 Å². The van der Waals surface area contributed by atoms with Crippen molar-refractivity contribution < 1.29 is 0 Å². The van der Waals surface area contributed by atoms with E-state index in [1.54, 1.807) is 12.1 Å². The van der Waals surface area contributed by atoms with Gasteiger partial charge in [-0.3, -0.25) is 0 Å². The maximum Gasteiger partial charge on any atom is 0.109 e. The standard InChI is InChI=1S/C64H126Si/c1-7-13-19-25-31-37-43-49-55-61-62(56-50-44-38-32-26-20-14-8-2)64(58-52-46-40-34-28-22-16-10-4)65(59-53-47-41-35-29-23-17-11-5,60-54-48-42-36-30-24-18-12-6)63(61)57-51-45-39-33-27-21-15-9-3/h7-60H2,1-6H3. The monoisotopic (exact) mass is 923 g/mol. The van der Waals surface area contributed by atoms with Crippen molar-refractivity contribution in [2.75, 3.05) is 0 Å². The van der Waals surface area contributed by atoms with Crippen LogP contribution in [0.1, 0.15) is 375 Å². The second kappa shape index (κ2) is 48.7. The summed E-state index contributed by atoms with van der Waals surface area (Å²) in [7, 11) is -1.77. The lowest BCUT2D eigenvalue weighted by molar-refractivity contribution is 0.566. The van der Waals surface area contributed by atoms with E-state index in [1.165, 1.54) is 334 Å². The summed E-state index contributed by atoms with van der Waals surface area (Å²) in [5.74, 6) is 0. The van der Waals surface area contributed by atoms with Crippen LogP contribution in [0.25, 0.3) is 0 Å². The zero-order valence-electron chi connectivity index (χ0n) is 46.7. The molecule has 0 saturated carbocycles. The Morgan fingerprint density at radius 2 is 0.354 bits per heavy atom. The zero-order chi connectivity index (χ0) is 47.0. The number of rotatable bonds is 54. The minimum absolute atomic E-state index is 1.37. The molecule has 0 aromatic carbocycles. The number of unbranched alkanes of at least 4 members (excludes halogenated alkanes) is 42. The number of hydrogen-bond donors (Lipinski definition) is 0. The van der Waals surface area contributed by atoms with Gasteiger partial charge in [0.05, 0.1) is 0 Å². The van der Waals surface area contributed by atoms with E-state index >= 15 is 0 Å². The van der Waals surface area contributed by atoms with Crippen LogP contribution in [0.15, 0.2) is 21.5 Å². The van der Waals surface area contributed by atoms with Gasteiger partial charge in [0.15, 0.2) is 0 Å². The van der Waals surface area contributed by atoms with Gasteiger partial charge in [-0.2, -0.15) is 0 Å². The van der Waals surface area contributed by atoms with E-state index in [0.717, 1.165) is 0 Å². The highest BCUT2D eigenvalue weighted by Gasteiger charge is 2.46. The molecule has 0 aliphatic carbocycles. The molecule has 1 aliphatic rings. The summed E-state index contributed by atoms with van der Waals surface area (Å²) in [6.45, 7) is 14.2. The van der Waals surface area contributed by atoms with Crippen molar-refractivity contribution in [2.45, 2.75) is 388 Å². The molecular weight excluding hydrogens is 797 g/mol. The van der Waals surface area contributed by atoms with E-state index in [-0.39, 0.29) is 0 Å². The topological polar surface area (TPSA) is 0 Å². The molecule has 0 saturated heterocycles. The maximum absolute atomic E-state index is 2.38. The fraction of sp³-hybridized carbons (Fsp3) is 0.938. The summed E-state index contributed by atoms with van der Waals surface area (Å²) >= 11 is 0. The number of allylic oxidation sites excluding steroid dienone is 4. The minimum atomic E-state index is -1.77. The van der Waals surface area contributed by atoms with Crippen molar-refractivity contribution >= 4 is 8.07 Å². The van der Waals surface area contributed by atoms with Gasteiger partial charge in [0.25, 0.3) is 0 Å². The molecule has 1 heterocycles. The molecule has 1 rings (SSSR count). The van der Waals surface area contributed by atoms with E-state index < -0.39 is 8.07 Å². The van der Waals surface area contributed by atoms with Crippen LogP contribution in [-0.4, -0.2) is 8.07 Å². The maximum atomic E-state index is 2.38. The van der Waals surface area contributed by atoms with Crippen molar-refractivity contribution in [3.05, 3.63) is 21.5 Å². The van der Waals surface area contributed by atoms with Crippen LogP contribution in [0.3, 0.4) is 0 Å². The molecule has 0 aromatic heterocycles. The molecule has 0 fully saturated rings. The lowest BCUT2D eigenvalue weighted by atomic mass is 9.91. The summed E-state index contributed by atoms with van der Waals surface area (Å²) in [6.07, 6.45) is 76.1. The van der Waals surface area contributed by atoms with Crippen LogP contribution in [0.2, 0.25) is 12.1 Å². The summed E-state index contributed by atoms with van der Waals surface area (Å²) in [6, 6.07) is 3.25. The third-order valence-electron chi connectivity index (χ3n) is 16.3. The van der Waals surface area contributed by atoms with Crippen molar-refractivity contribution in [3.8, 4) is 0 Å². The molecule has 0 spiro atoms. The Labute approximate surface area is 415 Å². The lowest BCUT2D eigenvalue weighted by Gasteiger charge is -2.36. The first-order chi connectivity index (χ1) is 32.2. The average Bonchev–Trinajstić information content (AvgIpc) is 3.55. The van der Waals surface area contributed by atoms with Crippen LogP contribution in [0.4, 0.5) is 0 Å². The summed E-state index contributed by atoms with van der Waals surface area (Å²) in [4.78, 5) is 0. The van der Waals surface area contributed by atoms with Crippen LogP contribution >= 0.6 is 0 Å². The molecule has 1 aliphatic heterocycles. The van der Waals surface area contributed by atoms with Gasteiger partial charge in [-0.1, -0.05) is 334 Å². The fourth-order valence-electron chi connectivity index (χ4n) is 12.1. The first-order valence-corrected chi connectivity index (χ1v) is 34.0. The first kappa shape index (κ1) is 62.7. The predicted octanol–water partition coefficient (Wildman–Crippen LogP) is 24.5. The lowest BCUT2D eigenvalue weighted by Crippen LogP contribution is -2.39. The van der Waals surface area contributed by atoms with Gasteiger partial charge in [0, 0.05) is 0 Å². The van der Waals surface area contributed by atoms with E-state index in [0.29, 0.717) is 0 Å². The molecule has 0 atom stereocenters. The van der Waals surface area contributed by atoms with Gasteiger partial charge in [-0.15, -0.1) is 0 Å². The molecule has 0 bridgehead atoms. The Hall–Kier alpha value is -0.303. The molecule has 0 aromatic rings. The third-order valence-corrected chi connectivity index (χ3v) is 22.1. The van der Waals surface area contributed by atoms with Crippen molar-refractivity contribution in [3.63, 3.8) is 0 Å². The zero-order valence-corrected chi connectivity index (χ0v) is 47.7. The highest BCUT2D eigenvalue weighted by atomic mass is 28.3. The van der Waals surface area contributed by atoms with Crippen LogP contribution in [0.5, 0.6) is 0 Å². The smallest absolute Gasteiger partial charge is 0.0725 e. The molecule has 1 heteroatoms. The third kappa shape index (κ3) is 33.0. The van der Waals surface area contributed by atoms with E-state index in [4.69, 9.17) is 0 Å². The number of hydrogen-bond acceptors (Lipinski definition) is 0. The fourth-order valence-corrected chi connectivity index (χ4v) is 18.6. The molecule has 0 amide bonds. The van der Waals surface area contributed by atoms with Crippen LogP contribution in [-0.2, 0) is 0 Å². The Bertz CT molecular complexity index is 950. The van der Waals surface area contributed by atoms with Gasteiger partial charge in [0.2, 0.25) is 0 Å². The second-order valence-corrected chi connectivity index (χ2v) is 26.7. The van der Waals surface area contributed by atoms with Crippen LogP contribution in [0, 0.1) is 0 Å². The molecule has 65 heavy (non-hydrogen) atoms. The van der Waals surface area contributed by atoms with Gasteiger partial charge >= 0.3 is 0 Å². The van der Waals surface area contributed by atoms with Crippen molar-refractivity contribution in [1.82, 2.24) is 0 Å². The largest absolute Gasteiger partial charge is 0.109 e. The Morgan fingerprint density at radius 3 is 0.569 bits per heavy atom. The molecule has 0 nitrogen and oxygen atoms in total. The normalized spacial score (nSPS) is 13.9. The average molecular weight is 924 g/mol. The Morgan fingerprint density at radius 1 is 0.185 bits per heavy atom. The predicted molar refractivity (Wildman–Crippen MR) is 304 cm³/mol. The van der Waals surface area contributed by atoms with Gasteiger partial charge in [-0.05, 0) is 74.6 Å². The molecule has 0 N–H and O–H groups in total. The van der Waals surface area contributed by atoms with Crippen molar-refractivity contribution in [2.24, 2.45) is 0 Å². The van der Waals surface area contributed by atoms with Crippen molar-refractivity contribution in [1.29, 1.82) is 0 Å². The highest BCUT2D eigenvalue weighted by molar-refractivity contribution is 6.93. The highest BCUT2D eigenvalue weighted by Crippen LogP contribution is 2.52. The summed E-state index contributed by atoms with van der Waals surface area (Å²) in [5, 5.41) is 4.42. The molecule has 0 radical (unpaired) electrons. The molecular formula is C64H126Si. The summed E-state index contributed by atoms with van der Waals surface area (Å²) in [5.41, 5.74) is 4.12. The van der Waals surface area contributed by atoms with Gasteiger partial charge < -0.3 is 0 Å². The minimum Gasteiger partial charge on any atom is -0.0725 e. The Balaban J connectivity index is 3.63. The van der Waals surface area contributed by atoms with E-state index in [9.17, 15) is 0 Å². The molecule has 386 valence electrons. The van der Waals surface area contributed by atoms with Gasteiger partial charge in [0.1, 0.15) is 8.07 Å². The molecule has 0 unspecified atom stereocenters. The van der Waals surface area contributed by atoms with E-state index in [2.05, 4.69) is 63.1 Å². The SMILES string of the molecule is CCCCCCCCCCC1=C(CCCCCCCCCC)[Si](CCCCCCCCCC)(CCCCCCCCCC)C(CCCCCCCCCC)=C1CCCCCCCCCC.